The summed E-state index contributed by atoms with van der Waals surface area (Å²) in [5.74, 6) is -0.284. The van der Waals surface area contributed by atoms with E-state index in [1.54, 1.807) is 23.1 Å². The van der Waals surface area contributed by atoms with Gasteiger partial charge in [0.2, 0.25) is 0 Å². The number of nitrogens with zero attached hydrogens (tertiary/aromatic N) is 3. The lowest BCUT2D eigenvalue weighted by Gasteiger charge is -2.11. The number of benzene rings is 1. The number of fused-ring (bicyclic) bond motifs is 1. The van der Waals surface area contributed by atoms with Gasteiger partial charge in [-0.3, -0.25) is 9.78 Å². The van der Waals surface area contributed by atoms with Crippen molar-refractivity contribution in [1.29, 1.82) is 0 Å². The summed E-state index contributed by atoms with van der Waals surface area (Å²) in [6.07, 6.45) is 5.60. The van der Waals surface area contributed by atoms with Crippen LogP contribution in [0.4, 0.5) is 0 Å². The lowest BCUT2D eigenvalue weighted by molar-refractivity contribution is 0.0918. The molecule has 0 spiro atoms. The zero-order valence-corrected chi connectivity index (χ0v) is 11.2. The number of rotatable bonds is 4. The first-order chi connectivity index (χ1) is 10.3. The molecule has 2 N–H and O–H groups in total. The third-order valence-electron chi connectivity index (χ3n) is 3.21. The first-order valence-corrected chi connectivity index (χ1v) is 6.54. The molecule has 3 aromatic rings. The summed E-state index contributed by atoms with van der Waals surface area (Å²) in [6.45, 7) is 0.139. The van der Waals surface area contributed by atoms with E-state index >= 15 is 0 Å². The minimum atomic E-state index is -0.741. The van der Waals surface area contributed by atoms with Crippen LogP contribution < -0.4 is 5.32 Å². The fourth-order valence-electron chi connectivity index (χ4n) is 2.09. The van der Waals surface area contributed by atoms with Crippen LogP contribution in [0.1, 0.15) is 22.0 Å². The molecule has 1 aromatic carbocycles. The van der Waals surface area contributed by atoms with Crippen LogP contribution in [0.3, 0.4) is 0 Å². The van der Waals surface area contributed by atoms with Gasteiger partial charge in [0.05, 0.1) is 29.6 Å². The number of aromatic nitrogens is 3. The van der Waals surface area contributed by atoms with E-state index in [1.807, 2.05) is 30.3 Å². The van der Waals surface area contributed by atoms with E-state index in [0.717, 1.165) is 5.56 Å². The summed E-state index contributed by atoms with van der Waals surface area (Å²) in [5, 5.41) is 16.8. The molecular weight excluding hydrogens is 268 g/mol. The van der Waals surface area contributed by atoms with Gasteiger partial charge in [0.15, 0.2) is 0 Å². The number of carbonyl (C=O) groups excluding carboxylic acids is 1. The number of nitrogens with one attached hydrogen (secondary N) is 1. The molecular formula is C15H14N4O2. The van der Waals surface area contributed by atoms with Gasteiger partial charge in [-0.2, -0.15) is 5.10 Å². The van der Waals surface area contributed by atoms with Gasteiger partial charge in [-0.1, -0.05) is 30.3 Å². The minimum Gasteiger partial charge on any atom is -0.387 e. The Labute approximate surface area is 121 Å². The number of carbonyl (C=O) groups is 1. The minimum absolute atomic E-state index is 0.139. The van der Waals surface area contributed by atoms with Crippen molar-refractivity contribution in [2.45, 2.75) is 6.10 Å². The first-order valence-electron chi connectivity index (χ1n) is 6.54. The van der Waals surface area contributed by atoms with Gasteiger partial charge in [-0.15, -0.1) is 0 Å². The maximum Gasteiger partial charge on any atom is 0.255 e. The molecule has 0 radical (unpaired) electrons. The molecule has 0 aliphatic heterocycles. The third kappa shape index (κ3) is 2.75. The summed E-state index contributed by atoms with van der Waals surface area (Å²) in [5.41, 5.74) is 1.83. The molecule has 0 fully saturated rings. The van der Waals surface area contributed by atoms with Crippen LogP contribution in [0.25, 0.3) is 5.52 Å². The highest BCUT2D eigenvalue weighted by Crippen LogP contribution is 2.12. The Morgan fingerprint density at radius 1 is 1.29 bits per heavy atom. The first kappa shape index (κ1) is 13.3. The highest BCUT2D eigenvalue weighted by atomic mass is 16.3. The monoisotopic (exact) mass is 282 g/mol. The predicted octanol–water partition coefficient (Wildman–Crippen LogP) is 1.19. The van der Waals surface area contributed by atoms with Gasteiger partial charge in [0.25, 0.3) is 5.91 Å². The van der Waals surface area contributed by atoms with Crippen LogP contribution in [0, 0.1) is 0 Å². The van der Waals surface area contributed by atoms with E-state index in [0.29, 0.717) is 11.1 Å². The predicted molar refractivity (Wildman–Crippen MR) is 76.7 cm³/mol. The van der Waals surface area contributed by atoms with Crippen molar-refractivity contribution >= 4 is 11.4 Å². The SMILES string of the molecule is O=C(NCC(O)c1ccccc1)c1cnn2ccncc12. The summed E-state index contributed by atoms with van der Waals surface area (Å²) in [4.78, 5) is 16.1. The number of hydrogen-bond donors (Lipinski definition) is 2. The lowest BCUT2D eigenvalue weighted by Crippen LogP contribution is -2.28. The average Bonchev–Trinajstić information content (AvgIpc) is 2.97. The average molecular weight is 282 g/mol. The smallest absolute Gasteiger partial charge is 0.255 e. The molecule has 1 unspecified atom stereocenters. The fourth-order valence-corrected chi connectivity index (χ4v) is 2.09. The Balaban J connectivity index is 1.70. The normalized spacial score (nSPS) is 12.2. The highest BCUT2D eigenvalue weighted by molar-refractivity contribution is 6.00. The summed E-state index contributed by atoms with van der Waals surface area (Å²) in [7, 11) is 0. The second-order valence-corrected chi connectivity index (χ2v) is 4.60. The van der Waals surface area contributed by atoms with E-state index in [4.69, 9.17) is 0 Å². The molecule has 106 valence electrons. The molecule has 0 saturated carbocycles. The zero-order chi connectivity index (χ0) is 14.7. The van der Waals surface area contributed by atoms with Gasteiger partial charge >= 0.3 is 0 Å². The molecule has 0 bridgehead atoms. The van der Waals surface area contributed by atoms with E-state index in [2.05, 4.69) is 15.4 Å². The van der Waals surface area contributed by atoms with Gasteiger partial charge in [-0.05, 0) is 5.56 Å². The Hall–Kier alpha value is -2.73. The van der Waals surface area contributed by atoms with E-state index in [1.165, 1.54) is 6.20 Å². The Bertz CT molecular complexity index is 754. The van der Waals surface area contributed by atoms with Gasteiger partial charge < -0.3 is 10.4 Å². The summed E-state index contributed by atoms with van der Waals surface area (Å²) < 4.78 is 1.58. The zero-order valence-electron chi connectivity index (χ0n) is 11.2. The van der Waals surface area contributed by atoms with Crippen LogP contribution >= 0.6 is 0 Å². The molecule has 3 rings (SSSR count). The molecule has 6 heteroatoms. The van der Waals surface area contributed by atoms with Crippen molar-refractivity contribution in [3.05, 3.63) is 66.2 Å². The van der Waals surface area contributed by atoms with Crippen LogP contribution in [-0.4, -0.2) is 32.2 Å². The Morgan fingerprint density at radius 3 is 2.90 bits per heavy atom. The third-order valence-corrected chi connectivity index (χ3v) is 3.21. The standard InChI is InChI=1S/C15H14N4O2/c20-14(11-4-2-1-3-5-11)10-17-15(21)12-8-18-19-7-6-16-9-13(12)19/h1-9,14,20H,10H2,(H,17,21). The molecule has 2 aromatic heterocycles. The number of hydrogen-bond acceptors (Lipinski definition) is 4. The molecule has 21 heavy (non-hydrogen) atoms. The molecule has 2 heterocycles. The van der Waals surface area contributed by atoms with E-state index in [-0.39, 0.29) is 12.5 Å². The van der Waals surface area contributed by atoms with Crippen LogP contribution in [-0.2, 0) is 0 Å². The van der Waals surface area contributed by atoms with Crippen molar-refractivity contribution in [2.75, 3.05) is 6.54 Å². The van der Waals surface area contributed by atoms with E-state index in [9.17, 15) is 9.90 Å². The second-order valence-electron chi connectivity index (χ2n) is 4.60. The molecule has 1 amide bonds. The van der Waals surface area contributed by atoms with Crippen molar-refractivity contribution in [3.8, 4) is 0 Å². The quantitative estimate of drug-likeness (QED) is 0.753. The van der Waals surface area contributed by atoms with Crippen molar-refractivity contribution < 1.29 is 9.90 Å². The number of aliphatic hydroxyl groups is 1. The molecule has 1 atom stereocenters. The highest BCUT2D eigenvalue weighted by Gasteiger charge is 2.14. The number of aliphatic hydroxyl groups excluding tert-OH is 1. The van der Waals surface area contributed by atoms with Gasteiger partial charge in [0, 0.05) is 18.9 Å². The van der Waals surface area contributed by atoms with Crippen molar-refractivity contribution in [1.82, 2.24) is 19.9 Å². The molecule has 0 aliphatic rings. The fraction of sp³-hybridized carbons (Fsp3) is 0.133. The van der Waals surface area contributed by atoms with Crippen LogP contribution in [0.5, 0.6) is 0 Å². The molecule has 0 saturated heterocycles. The second kappa shape index (κ2) is 5.72. The topological polar surface area (TPSA) is 79.5 Å². The largest absolute Gasteiger partial charge is 0.387 e. The van der Waals surface area contributed by atoms with Gasteiger partial charge in [0.1, 0.15) is 0 Å². The van der Waals surface area contributed by atoms with Gasteiger partial charge in [-0.25, -0.2) is 4.52 Å². The maximum atomic E-state index is 12.2. The molecule has 0 aliphatic carbocycles. The lowest BCUT2D eigenvalue weighted by atomic mass is 10.1. The maximum absolute atomic E-state index is 12.2. The van der Waals surface area contributed by atoms with Crippen molar-refractivity contribution in [3.63, 3.8) is 0 Å². The van der Waals surface area contributed by atoms with Crippen LogP contribution in [0.2, 0.25) is 0 Å². The number of amides is 1. The summed E-state index contributed by atoms with van der Waals surface area (Å²) >= 11 is 0. The Morgan fingerprint density at radius 2 is 2.10 bits per heavy atom. The summed E-state index contributed by atoms with van der Waals surface area (Å²) in [6, 6.07) is 9.20. The molecule has 6 nitrogen and oxygen atoms in total. The van der Waals surface area contributed by atoms with Crippen molar-refractivity contribution in [2.24, 2.45) is 0 Å². The van der Waals surface area contributed by atoms with Crippen LogP contribution in [0.15, 0.2) is 55.1 Å². The van der Waals surface area contributed by atoms with E-state index < -0.39 is 6.10 Å². The Kier molecular flexibility index (Phi) is 3.61.